The number of nitrogens with zero attached hydrogens (tertiary/aromatic N) is 3. The minimum atomic E-state index is 0.698. The zero-order valence-corrected chi connectivity index (χ0v) is 18.3. The first-order chi connectivity index (χ1) is 14.7. The molecule has 2 aliphatic rings. The van der Waals surface area contributed by atoms with Gasteiger partial charge in [0.05, 0.1) is 5.69 Å². The van der Waals surface area contributed by atoms with Crippen LogP contribution in [0, 0.1) is 11.8 Å². The van der Waals surface area contributed by atoms with Crippen molar-refractivity contribution in [3.05, 3.63) is 86.6 Å². The fraction of sp³-hybridized carbons (Fsp3) is 0.231. The highest BCUT2D eigenvalue weighted by atomic mass is 79.9. The number of aryl methyl sites for hydroxylation is 2. The SMILES string of the molecule is Brc1ccc(/C=C/c2ccc(C#Cc3cc4c5c(c3)CCCN5CCC4)nn2)cc1. The van der Waals surface area contributed by atoms with Gasteiger partial charge in [-0.05, 0) is 90.8 Å². The van der Waals surface area contributed by atoms with Gasteiger partial charge in [0, 0.05) is 28.8 Å². The van der Waals surface area contributed by atoms with Gasteiger partial charge in [-0.2, -0.15) is 0 Å². The molecule has 0 saturated heterocycles. The average Bonchev–Trinajstić information content (AvgIpc) is 2.78. The fourth-order valence-corrected chi connectivity index (χ4v) is 4.53. The molecule has 2 aliphatic heterocycles. The van der Waals surface area contributed by atoms with Crippen molar-refractivity contribution in [2.24, 2.45) is 0 Å². The highest BCUT2D eigenvalue weighted by molar-refractivity contribution is 9.10. The maximum atomic E-state index is 4.29. The Morgan fingerprint density at radius 2 is 1.57 bits per heavy atom. The molecular formula is C26H22BrN3. The molecule has 3 nitrogen and oxygen atoms in total. The van der Waals surface area contributed by atoms with Crippen LogP contribution in [0.4, 0.5) is 5.69 Å². The van der Waals surface area contributed by atoms with Crippen LogP contribution in [0.15, 0.2) is 53.0 Å². The molecule has 0 saturated carbocycles. The van der Waals surface area contributed by atoms with Crippen LogP contribution in [0.2, 0.25) is 0 Å². The lowest BCUT2D eigenvalue weighted by atomic mass is 9.90. The Balaban J connectivity index is 1.33. The van der Waals surface area contributed by atoms with Gasteiger partial charge in [-0.15, -0.1) is 10.2 Å². The number of halogens is 1. The van der Waals surface area contributed by atoms with Crippen molar-refractivity contribution in [2.75, 3.05) is 18.0 Å². The smallest absolute Gasteiger partial charge is 0.136 e. The predicted molar refractivity (Wildman–Crippen MR) is 126 cm³/mol. The zero-order chi connectivity index (χ0) is 20.3. The Morgan fingerprint density at radius 1 is 0.833 bits per heavy atom. The predicted octanol–water partition coefficient (Wildman–Crippen LogP) is 5.51. The van der Waals surface area contributed by atoms with E-state index in [0.29, 0.717) is 5.69 Å². The summed E-state index contributed by atoms with van der Waals surface area (Å²) in [7, 11) is 0. The second-order valence-electron chi connectivity index (χ2n) is 7.82. The van der Waals surface area contributed by atoms with E-state index < -0.39 is 0 Å². The van der Waals surface area contributed by atoms with E-state index in [1.165, 1.54) is 42.7 Å². The van der Waals surface area contributed by atoms with Crippen molar-refractivity contribution in [2.45, 2.75) is 25.7 Å². The Morgan fingerprint density at radius 3 is 2.23 bits per heavy atom. The van der Waals surface area contributed by atoms with E-state index in [1.807, 2.05) is 36.4 Å². The molecule has 0 amide bonds. The van der Waals surface area contributed by atoms with Crippen LogP contribution in [0.25, 0.3) is 12.2 Å². The number of benzene rings is 2. The summed E-state index contributed by atoms with van der Waals surface area (Å²) < 4.78 is 1.07. The molecule has 148 valence electrons. The maximum absolute atomic E-state index is 4.29. The van der Waals surface area contributed by atoms with E-state index in [2.05, 4.69) is 67.1 Å². The highest BCUT2D eigenvalue weighted by Gasteiger charge is 2.23. The minimum Gasteiger partial charge on any atom is -0.371 e. The van der Waals surface area contributed by atoms with Crippen molar-refractivity contribution in [1.82, 2.24) is 10.2 Å². The first-order valence-corrected chi connectivity index (χ1v) is 11.2. The maximum Gasteiger partial charge on any atom is 0.136 e. The lowest BCUT2D eigenvalue weighted by molar-refractivity contribution is 0.634. The second kappa shape index (κ2) is 8.45. The van der Waals surface area contributed by atoms with Gasteiger partial charge < -0.3 is 4.90 Å². The molecule has 1 aromatic heterocycles. The molecule has 0 N–H and O–H groups in total. The van der Waals surface area contributed by atoms with Crippen LogP contribution in [-0.4, -0.2) is 23.3 Å². The van der Waals surface area contributed by atoms with Gasteiger partial charge in [0.2, 0.25) is 0 Å². The van der Waals surface area contributed by atoms with Crippen LogP contribution in [-0.2, 0) is 12.8 Å². The monoisotopic (exact) mass is 455 g/mol. The fourth-order valence-electron chi connectivity index (χ4n) is 4.27. The van der Waals surface area contributed by atoms with E-state index in [4.69, 9.17) is 0 Å². The summed E-state index contributed by atoms with van der Waals surface area (Å²) in [6, 6.07) is 16.6. The molecule has 0 aliphatic carbocycles. The lowest BCUT2D eigenvalue weighted by Crippen LogP contribution is -2.34. The summed E-state index contributed by atoms with van der Waals surface area (Å²) in [5.74, 6) is 6.50. The van der Waals surface area contributed by atoms with E-state index in [1.54, 1.807) is 0 Å². The number of anilines is 1. The minimum absolute atomic E-state index is 0.698. The van der Waals surface area contributed by atoms with Gasteiger partial charge in [-0.3, -0.25) is 0 Å². The van der Waals surface area contributed by atoms with Crippen LogP contribution in [0.1, 0.15) is 46.5 Å². The molecule has 0 bridgehead atoms. The molecule has 0 spiro atoms. The molecule has 0 radical (unpaired) electrons. The van der Waals surface area contributed by atoms with Gasteiger partial charge in [0.25, 0.3) is 0 Å². The average molecular weight is 456 g/mol. The van der Waals surface area contributed by atoms with Crippen molar-refractivity contribution in [3.8, 4) is 11.8 Å². The second-order valence-corrected chi connectivity index (χ2v) is 8.73. The Bertz CT molecular complexity index is 1120. The zero-order valence-electron chi connectivity index (χ0n) is 16.7. The van der Waals surface area contributed by atoms with Gasteiger partial charge >= 0.3 is 0 Å². The van der Waals surface area contributed by atoms with Crippen molar-refractivity contribution in [3.63, 3.8) is 0 Å². The Hall–Kier alpha value is -2.90. The molecule has 0 unspecified atom stereocenters. The molecule has 4 heteroatoms. The molecule has 3 heterocycles. The van der Waals surface area contributed by atoms with Gasteiger partial charge in [-0.25, -0.2) is 0 Å². The highest BCUT2D eigenvalue weighted by Crippen LogP contribution is 2.35. The molecule has 5 rings (SSSR count). The third kappa shape index (κ3) is 4.17. The topological polar surface area (TPSA) is 29.0 Å². The molecule has 2 aromatic carbocycles. The number of hydrogen-bond donors (Lipinski definition) is 0. The Labute approximate surface area is 186 Å². The number of hydrogen-bond acceptors (Lipinski definition) is 3. The van der Waals surface area contributed by atoms with E-state index in [9.17, 15) is 0 Å². The summed E-state index contributed by atoms with van der Waals surface area (Å²) >= 11 is 3.45. The molecular weight excluding hydrogens is 434 g/mol. The van der Waals surface area contributed by atoms with Crippen LogP contribution in [0.5, 0.6) is 0 Å². The molecule has 3 aromatic rings. The Kier molecular flexibility index (Phi) is 5.38. The molecule has 0 fully saturated rings. The normalized spacial score (nSPS) is 14.9. The standard InChI is InChI=1S/C26H22BrN3/c27-23-9-5-19(6-10-23)7-11-24-13-14-25(29-28-24)12-8-20-17-21-3-1-15-30-16-2-4-22(18-20)26(21)30/h5-7,9-11,13-14,17-18H,1-4,15-16H2/b11-7+. The van der Waals surface area contributed by atoms with Crippen LogP contribution >= 0.6 is 15.9 Å². The summed E-state index contributed by atoms with van der Waals surface area (Å²) in [5.41, 5.74) is 8.14. The third-order valence-corrected chi connectivity index (χ3v) is 6.20. The van der Waals surface area contributed by atoms with Crippen molar-refractivity contribution >= 4 is 33.8 Å². The van der Waals surface area contributed by atoms with E-state index in [-0.39, 0.29) is 0 Å². The van der Waals surface area contributed by atoms with Crippen molar-refractivity contribution in [1.29, 1.82) is 0 Å². The molecule has 0 atom stereocenters. The van der Waals surface area contributed by atoms with E-state index >= 15 is 0 Å². The first-order valence-electron chi connectivity index (χ1n) is 10.4. The quantitative estimate of drug-likeness (QED) is 0.477. The number of aromatic nitrogens is 2. The van der Waals surface area contributed by atoms with Crippen molar-refractivity contribution < 1.29 is 0 Å². The summed E-state index contributed by atoms with van der Waals surface area (Å²) in [5, 5.41) is 8.57. The lowest BCUT2D eigenvalue weighted by Gasteiger charge is -2.37. The van der Waals surface area contributed by atoms with Gasteiger partial charge in [-0.1, -0.05) is 40.1 Å². The third-order valence-electron chi connectivity index (χ3n) is 5.67. The largest absolute Gasteiger partial charge is 0.371 e. The van der Waals surface area contributed by atoms with Crippen LogP contribution in [0.3, 0.4) is 0 Å². The van der Waals surface area contributed by atoms with Crippen LogP contribution < -0.4 is 4.90 Å². The van der Waals surface area contributed by atoms with Gasteiger partial charge in [0.15, 0.2) is 0 Å². The first kappa shape index (κ1) is 19.1. The number of rotatable bonds is 2. The molecule has 30 heavy (non-hydrogen) atoms. The van der Waals surface area contributed by atoms with Gasteiger partial charge in [0.1, 0.15) is 5.69 Å². The summed E-state index contributed by atoms with van der Waals surface area (Å²) in [6.45, 7) is 2.40. The van der Waals surface area contributed by atoms with E-state index in [0.717, 1.165) is 34.1 Å². The summed E-state index contributed by atoms with van der Waals surface area (Å²) in [6.07, 6.45) is 8.80. The summed E-state index contributed by atoms with van der Waals surface area (Å²) in [4.78, 5) is 2.56.